The summed E-state index contributed by atoms with van der Waals surface area (Å²) in [6, 6.07) is 4.04. The van der Waals surface area contributed by atoms with Crippen LogP contribution in [0.4, 0.5) is 0 Å². The number of rotatable bonds is 8. The average molecular weight is 296 g/mol. The highest BCUT2D eigenvalue weighted by molar-refractivity contribution is 6.30. The SMILES string of the molecule is C#CCCCOc1c(CNC(C)C)cc(Cl)cc1OC. The van der Waals surface area contributed by atoms with Crippen LogP contribution in [0.1, 0.15) is 32.3 Å². The van der Waals surface area contributed by atoms with Gasteiger partial charge in [-0.25, -0.2) is 0 Å². The summed E-state index contributed by atoms with van der Waals surface area (Å²) in [5.74, 6) is 3.99. The smallest absolute Gasteiger partial charge is 0.165 e. The van der Waals surface area contributed by atoms with Crippen LogP contribution in [0.3, 0.4) is 0 Å². The highest BCUT2D eigenvalue weighted by Crippen LogP contribution is 2.35. The molecule has 3 nitrogen and oxygen atoms in total. The van der Waals surface area contributed by atoms with Gasteiger partial charge < -0.3 is 14.8 Å². The maximum absolute atomic E-state index is 6.11. The number of ether oxygens (including phenoxy) is 2. The molecule has 0 spiro atoms. The van der Waals surface area contributed by atoms with E-state index >= 15 is 0 Å². The zero-order valence-electron chi connectivity index (χ0n) is 12.3. The van der Waals surface area contributed by atoms with E-state index in [1.165, 1.54) is 0 Å². The summed E-state index contributed by atoms with van der Waals surface area (Å²) < 4.78 is 11.2. The van der Waals surface area contributed by atoms with Crippen molar-refractivity contribution in [3.8, 4) is 23.8 Å². The van der Waals surface area contributed by atoms with E-state index in [2.05, 4.69) is 25.1 Å². The Morgan fingerprint density at radius 2 is 2.15 bits per heavy atom. The van der Waals surface area contributed by atoms with Gasteiger partial charge in [0.15, 0.2) is 11.5 Å². The van der Waals surface area contributed by atoms with Crippen molar-refractivity contribution < 1.29 is 9.47 Å². The number of methoxy groups -OCH3 is 1. The second kappa shape index (κ2) is 8.73. The molecule has 0 saturated heterocycles. The summed E-state index contributed by atoms with van der Waals surface area (Å²) in [4.78, 5) is 0. The van der Waals surface area contributed by atoms with Gasteiger partial charge in [-0.2, -0.15) is 0 Å². The minimum atomic E-state index is 0.384. The fourth-order valence-electron chi connectivity index (χ4n) is 1.73. The van der Waals surface area contributed by atoms with Gasteiger partial charge in [-0.1, -0.05) is 25.4 Å². The van der Waals surface area contributed by atoms with Crippen LogP contribution >= 0.6 is 11.6 Å². The minimum Gasteiger partial charge on any atom is -0.493 e. The highest BCUT2D eigenvalue weighted by Gasteiger charge is 2.13. The van der Waals surface area contributed by atoms with Crippen molar-refractivity contribution >= 4 is 11.6 Å². The molecule has 1 N–H and O–H groups in total. The van der Waals surface area contributed by atoms with Gasteiger partial charge in [0.1, 0.15) is 0 Å². The fourth-order valence-corrected chi connectivity index (χ4v) is 1.96. The van der Waals surface area contributed by atoms with E-state index in [1.54, 1.807) is 13.2 Å². The number of unbranched alkanes of at least 4 members (excludes halogenated alkanes) is 1. The molecule has 110 valence electrons. The first-order valence-corrected chi connectivity index (χ1v) is 7.12. The number of terminal acetylenes is 1. The summed E-state index contributed by atoms with van der Waals surface area (Å²) in [7, 11) is 1.61. The quantitative estimate of drug-likeness (QED) is 0.587. The molecule has 0 aliphatic carbocycles. The highest BCUT2D eigenvalue weighted by atomic mass is 35.5. The van der Waals surface area contributed by atoms with Gasteiger partial charge in [-0.15, -0.1) is 12.3 Å². The largest absolute Gasteiger partial charge is 0.493 e. The molecule has 0 heterocycles. The van der Waals surface area contributed by atoms with Crippen molar-refractivity contribution in [1.29, 1.82) is 0 Å². The number of hydrogen-bond acceptors (Lipinski definition) is 3. The summed E-state index contributed by atoms with van der Waals surface area (Å²) in [5, 5.41) is 3.99. The topological polar surface area (TPSA) is 30.5 Å². The molecule has 20 heavy (non-hydrogen) atoms. The standard InChI is InChI=1S/C16H22ClNO2/c1-5-6-7-8-20-16-13(11-18-12(2)3)9-14(17)10-15(16)19-4/h1,9-10,12,18H,6-8,11H2,2-4H3. The molecule has 4 heteroatoms. The molecule has 1 aromatic rings. The van der Waals surface area contributed by atoms with Crippen molar-refractivity contribution in [2.45, 2.75) is 39.3 Å². The van der Waals surface area contributed by atoms with Gasteiger partial charge in [0.05, 0.1) is 13.7 Å². The molecule has 0 saturated carbocycles. The van der Waals surface area contributed by atoms with Crippen LogP contribution in [0.15, 0.2) is 12.1 Å². The molecule has 0 amide bonds. The molecule has 0 radical (unpaired) electrons. The lowest BCUT2D eigenvalue weighted by molar-refractivity contribution is 0.287. The predicted molar refractivity (Wildman–Crippen MR) is 83.5 cm³/mol. The molecule has 1 rings (SSSR count). The molecular weight excluding hydrogens is 274 g/mol. The van der Waals surface area contributed by atoms with Gasteiger partial charge in [0, 0.05) is 35.7 Å². The lowest BCUT2D eigenvalue weighted by Crippen LogP contribution is -2.22. The molecule has 0 aliphatic heterocycles. The van der Waals surface area contributed by atoms with E-state index in [0.717, 1.165) is 17.7 Å². The van der Waals surface area contributed by atoms with Gasteiger partial charge in [-0.05, 0) is 12.5 Å². The summed E-state index contributed by atoms with van der Waals surface area (Å²) in [6.07, 6.45) is 6.76. The second-order valence-electron chi connectivity index (χ2n) is 4.79. The number of halogens is 1. The minimum absolute atomic E-state index is 0.384. The van der Waals surface area contributed by atoms with Gasteiger partial charge >= 0.3 is 0 Å². The number of nitrogens with one attached hydrogen (secondary N) is 1. The first-order chi connectivity index (χ1) is 9.58. The van der Waals surface area contributed by atoms with Gasteiger partial charge in [0.2, 0.25) is 0 Å². The van der Waals surface area contributed by atoms with Gasteiger partial charge in [0.25, 0.3) is 0 Å². The van der Waals surface area contributed by atoms with Crippen LogP contribution in [-0.2, 0) is 6.54 Å². The van der Waals surface area contributed by atoms with Crippen LogP contribution in [0.5, 0.6) is 11.5 Å². The molecule has 1 aromatic carbocycles. The zero-order valence-corrected chi connectivity index (χ0v) is 13.1. The summed E-state index contributed by atoms with van der Waals surface area (Å²) in [6.45, 7) is 5.43. The van der Waals surface area contributed by atoms with E-state index in [1.807, 2.05) is 6.07 Å². The average Bonchev–Trinajstić information content (AvgIpc) is 2.42. The Morgan fingerprint density at radius 1 is 1.40 bits per heavy atom. The maximum atomic E-state index is 6.11. The van der Waals surface area contributed by atoms with Crippen molar-refractivity contribution in [2.24, 2.45) is 0 Å². The summed E-state index contributed by atoms with van der Waals surface area (Å²) in [5.41, 5.74) is 0.990. The van der Waals surface area contributed by atoms with Crippen LogP contribution in [0.2, 0.25) is 5.02 Å². The maximum Gasteiger partial charge on any atom is 0.165 e. The zero-order chi connectivity index (χ0) is 15.0. The first-order valence-electron chi connectivity index (χ1n) is 6.74. The van der Waals surface area contributed by atoms with Crippen molar-refractivity contribution in [2.75, 3.05) is 13.7 Å². The van der Waals surface area contributed by atoms with Crippen LogP contribution in [0, 0.1) is 12.3 Å². The molecular formula is C16H22ClNO2. The molecule has 0 atom stereocenters. The van der Waals surface area contributed by atoms with E-state index < -0.39 is 0 Å². The Kier molecular flexibility index (Phi) is 7.28. The lowest BCUT2D eigenvalue weighted by atomic mass is 10.1. The molecule has 0 aromatic heterocycles. The van der Waals surface area contributed by atoms with E-state index in [0.29, 0.717) is 36.4 Å². The molecule has 0 aliphatic rings. The third-order valence-electron chi connectivity index (χ3n) is 2.73. The number of hydrogen-bond donors (Lipinski definition) is 1. The van der Waals surface area contributed by atoms with Crippen molar-refractivity contribution in [3.63, 3.8) is 0 Å². The van der Waals surface area contributed by atoms with Crippen molar-refractivity contribution in [1.82, 2.24) is 5.32 Å². The Hall–Kier alpha value is -1.37. The Bertz CT molecular complexity index is 466. The lowest BCUT2D eigenvalue weighted by Gasteiger charge is -2.17. The van der Waals surface area contributed by atoms with E-state index in [9.17, 15) is 0 Å². The normalized spacial score (nSPS) is 10.4. The Balaban J connectivity index is 2.88. The van der Waals surface area contributed by atoms with E-state index in [-0.39, 0.29) is 0 Å². The summed E-state index contributed by atoms with van der Waals surface area (Å²) >= 11 is 6.11. The molecule has 0 unspecified atom stereocenters. The van der Waals surface area contributed by atoms with Crippen molar-refractivity contribution in [3.05, 3.63) is 22.7 Å². The number of benzene rings is 1. The first kappa shape index (κ1) is 16.7. The van der Waals surface area contributed by atoms with Crippen LogP contribution in [-0.4, -0.2) is 19.8 Å². The fraction of sp³-hybridized carbons (Fsp3) is 0.500. The molecule has 0 fully saturated rings. The van der Waals surface area contributed by atoms with Crippen LogP contribution < -0.4 is 14.8 Å². The third kappa shape index (κ3) is 5.32. The predicted octanol–water partition coefficient (Wildman–Crippen LogP) is 3.64. The monoisotopic (exact) mass is 295 g/mol. The Labute approximate surface area is 126 Å². The van der Waals surface area contributed by atoms with Crippen LogP contribution in [0.25, 0.3) is 0 Å². The molecule has 0 bridgehead atoms. The van der Waals surface area contributed by atoms with E-state index in [4.69, 9.17) is 27.5 Å². The Morgan fingerprint density at radius 3 is 2.75 bits per heavy atom. The van der Waals surface area contributed by atoms with Gasteiger partial charge in [-0.3, -0.25) is 0 Å². The third-order valence-corrected chi connectivity index (χ3v) is 2.95. The second-order valence-corrected chi connectivity index (χ2v) is 5.22.